The molecular formula is C28H33ClN8O. The summed E-state index contributed by atoms with van der Waals surface area (Å²) < 4.78 is 2.44. The van der Waals surface area contributed by atoms with Crippen molar-refractivity contribution in [1.29, 1.82) is 0 Å². The molecule has 5 heterocycles. The molecule has 1 atom stereocenters. The van der Waals surface area contributed by atoms with E-state index in [1.54, 1.807) is 12.4 Å². The summed E-state index contributed by atoms with van der Waals surface area (Å²) in [5, 5.41) is 7.17. The van der Waals surface area contributed by atoms with Gasteiger partial charge in [-0.1, -0.05) is 31.4 Å². The van der Waals surface area contributed by atoms with Crippen molar-refractivity contribution in [2.45, 2.75) is 70.9 Å². The number of H-pyrrole nitrogens is 2. The highest BCUT2D eigenvalue weighted by atomic mass is 35.5. The number of pyridine rings is 2. The topological polar surface area (TPSA) is 108 Å². The lowest BCUT2D eigenvalue weighted by Gasteiger charge is -2.30. The van der Waals surface area contributed by atoms with Gasteiger partial charge < -0.3 is 9.47 Å². The quantitative estimate of drug-likeness (QED) is 0.343. The van der Waals surface area contributed by atoms with Crippen LogP contribution in [0.15, 0.2) is 29.3 Å². The Morgan fingerprint density at radius 3 is 2.63 bits per heavy atom. The molecule has 1 unspecified atom stereocenters. The van der Waals surface area contributed by atoms with Gasteiger partial charge in [-0.25, -0.2) is 19.9 Å². The number of nitrogens with zero attached hydrogens (tertiary/aromatic N) is 6. The van der Waals surface area contributed by atoms with E-state index in [0.717, 1.165) is 53.2 Å². The van der Waals surface area contributed by atoms with Crippen molar-refractivity contribution in [3.63, 3.8) is 0 Å². The predicted molar refractivity (Wildman–Crippen MR) is 148 cm³/mol. The van der Waals surface area contributed by atoms with Crippen LogP contribution in [0.3, 0.4) is 0 Å². The minimum Gasteiger partial charge on any atom is -0.339 e. The van der Waals surface area contributed by atoms with Crippen molar-refractivity contribution in [1.82, 2.24) is 34.7 Å². The molecule has 0 spiro atoms. The van der Waals surface area contributed by atoms with Crippen LogP contribution >= 0.6 is 11.6 Å². The van der Waals surface area contributed by atoms with Crippen LogP contribution in [0.2, 0.25) is 5.02 Å². The second kappa shape index (κ2) is 9.52. The van der Waals surface area contributed by atoms with Crippen LogP contribution in [0.25, 0.3) is 33.8 Å². The monoisotopic (exact) mass is 532 g/mol. The lowest BCUT2D eigenvalue weighted by molar-refractivity contribution is 0.266. The second-order valence-corrected chi connectivity index (χ2v) is 12.0. The summed E-state index contributed by atoms with van der Waals surface area (Å²) >= 11 is 6.40. The summed E-state index contributed by atoms with van der Waals surface area (Å²) in [6.07, 6.45) is 13.5. The van der Waals surface area contributed by atoms with Gasteiger partial charge in [-0.15, -0.1) is 0 Å². The molecule has 1 saturated heterocycles. The first-order chi connectivity index (χ1) is 18.5. The van der Waals surface area contributed by atoms with Gasteiger partial charge in [-0.05, 0) is 68.4 Å². The van der Waals surface area contributed by atoms with Crippen LogP contribution in [0.4, 0.5) is 5.95 Å². The molecule has 2 N–H and O–H groups in total. The molecule has 0 bridgehead atoms. The molecule has 0 aromatic carbocycles. The number of nitrogens with one attached hydrogen (secondary N) is 2. The Morgan fingerprint density at radius 2 is 1.89 bits per heavy atom. The smallest absolute Gasteiger partial charge is 0.339 e. The number of rotatable bonds is 6. The first-order valence-corrected chi connectivity index (χ1v) is 14.3. The third-order valence-corrected chi connectivity index (χ3v) is 8.93. The van der Waals surface area contributed by atoms with Crippen molar-refractivity contribution in [2.24, 2.45) is 17.8 Å². The maximum absolute atomic E-state index is 11.9. The standard InChI is InChI=1S/C28H33ClN8O/c1-16-4-6-17(7-5-16)15-37-25-21(32-28(37)36-10-2-3-23(36)18-8-9-18)12-22(26-33-27(38)35-34-26)31-24(25)19-11-20(29)14-30-13-19/h11-14,16-18,23H,2-10,15H2,1H3,(H2,33,34,35,38). The molecule has 2 saturated carbocycles. The number of aromatic amines is 2. The summed E-state index contributed by atoms with van der Waals surface area (Å²) in [7, 11) is 0. The van der Waals surface area contributed by atoms with Crippen molar-refractivity contribution >= 4 is 28.6 Å². The number of imidazole rings is 1. The van der Waals surface area contributed by atoms with Gasteiger partial charge >= 0.3 is 5.69 Å². The van der Waals surface area contributed by atoms with E-state index >= 15 is 0 Å². The fourth-order valence-corrected chi connectivity index (χ4v) is 6.75. The Labute approximate surface area is 226 Å². The Kier molecular flexibility index (Phi) is 5.98. The highest BCUT2D eigenvalue weighted by Gasteiger charge is 2.40. The largest absolute Gasteiger partial charge is 0.340 e. The molecule has 10 heteroatoms. The molecule has 7 rings (SSSR count). The first kappa shape index (κ1) is 23.9. The minimum absolute atomic E-state index is 0.366. The summed E-state index contributed by atoms with van der Waals surface area (Å²) in [5.74, 6) is 3.63. The molecule has 0 radical (unpaired) electrons. The fourth-order valence-electron chi connectivity index (χ4n) is 6.57. The van der Waals surface area contributed by atoms with Crippen molar-refractivity contribution in [2.75, 3.05) is 11.4 Å². The molecule has 198 valence electrons. The minimum atomic E-state index is -0.366. The average molecular weight is 533 g/mol. The molecule has 38 heavy (non-hydrogen) atoms. The zero-order valence-electron chi connectivity index (χ0n) is 21.7. The Bertz CT molecular complexity index is 1530. The SMILES string of the molecule is CC1CCC(Cn2c(N3CCCC3C3CC3)nc3cc(-c4n[nH]c(=O)[nH]4)nc(-c4cncc(Cl)c4)c32)CC1. The molecule has 9 nitrogen and oxygen atoms in total. The molecule has 1 aliphatic heterocycles. The van der Waals surface area contributed by atoms with E-state index in [9.17, 15) is 4.79 Å². The van der Waals surface area contributed by atoms with Gasteiger partial charge in [0.25, 0.3) is 0 Å². The van der Waals surface area contributed by atoms with E-state index in [4.69, 9.17) is 21.6 Å². The van der Waals surface area contributed by atoms with Gasteiger partial charge in [0.1, 0.15) is 5.69 Å². The number of hydrogen-bond acceptors (Lipinski definition) is 6. The van der Waals surface area contributed by atoms with Gasteiger partial charge in [0.05, 0.1) is 21.7 Å². The third kappa shape index (κ3) is 4.40. The van der Waals surface area contributed by atoms with Crippen LogP contribution < -0.4 is 10.6 Å². The van der Waals surface area contributed by atoms with E-state index in [0.29, 0.717) is 28.5 Å². The summed E-state index contributed by atoms with van der Waals surface area (Å²) in [4.78, 5) is 31.9. The van der Waals surface area contributed by atoms with Crippen LogP contribution in [0.5, 0.6) is 0 Å². The van der Waals surface area contributed by atoms with E-state index in [-0.39, 0.29) is 5.69 Å². The second-order valence-electron chi connectivity index (χ2n) is 11.5. The summed E-state index contributed by atoms with van der Waals surface area (Å²) in [6.45, 7) is 4.33. The number of halogens is 1. The maximum atomic E-state index is 11.9. The van der Waals surface area contributed by atoms with E-state index in [1.807, 2.05) is 12.1 Å². The number of aromatic nitrogens is 7. The first-order valence-electron chi connectivity index (χ1n) is 14.0. The maximum Gasteiger partial charge on any atom is 0.340 e. The zero-order valence-corrected chi connectivity index (χ0v) is 22.4. The van der Waals surface area contributed by atoms with E-state index < -0.39 is 0 Å². The molecule has 0 amide bonds. The lowest BCUT2D eigenvalue weighted by atomic mass is 9.83. The van der Waals surface area contributed by atoms with Crippen molar-refractivity contribution in [3.8, 4) is 22.8 Å². The molecular weight excluding hydrogens is 500 g/mol. The molecule has 4 aromatic rings. The number of fused-ring (bicyclic) bond motifs is 1. The van der Waals surface area contributed by atoms with Crippen LogP contribution in [-0.2, 0) is 6.54 Å². The van der Waals surface area contributed by atoms with Gasteiger partial charge in [0, 0.05) is 37.1 Å². The van der Waals surface area contributed by atoms with E-state index in [2.05, 4.69) is 36.6 Å². The Balaban J connectivity index is 1.44. The summed E-state index contributed by atoms with van der Waals surface area (Å²) in [6, 6.07) is 4.41. The summed E-state index contributed by atoms with van der Waals surface area (Å²) in [5.41, 5.74) is 3.65. The highest BCUT2D eigenvalue weighted by molar-refractivity contribution is 6.30. The van der Waals surface area contributed by atoms with Gasteiger partial charge in [0.2, 0.25) is 5.95 Å². The van der Waals surface area contributed by atoms with Crippen LogP contribution in [0, 0.1) is 17.8 Å². The molecule has 4 aromatic heterocycles. The molecule has 3 fully saturated rings. The number of anilines is 1. The van der Waals surface area contributed by atoms with Crippen molar-refractivity contribution < 1.29 is 0 Å². The zero-order chi connectivity index (χ0) is 25.8. The van der Waals surface area contributed by atoms with Crippen LogP contribution in [0.1, 0.15) is 58.3 Å². The number of hydrogen-bond donors (Lipinski definition) is 2. The third-order valence-electron chi connectivity index (χ3n) is 8.73. The Hall–Kier alpha value is -3.20. The van der Waals surface area contributed by atoms with Gasteiger partial charge in [-0.3, -0.25) is 9.97 Å². The van der Waals surface area contributed by atoms with Gasteiger partial charge in [0.15, 0.2) is 5.82 Å². The predicted octanol–water partition coefficient (Wildman–Crippen LogP) is 5.43. The van der Waals surface area contributed by atoms with Gasteiger partial charge in [-0.2, -0.15) is 5.10 Å². The van der Waals surface area contributed by atoms with Crippen LogP contribution in [-0.4, -0.2) is 47.3 Å². The van der Waals surface area contributed by atoms with E-state index in [1.165, 1.54) is 51.4 Å². The van der Waals surface area contributed by atoms with Crippen molar-refractivity contribution in [3.05, 3.63) is 40.0 Å². The Morgan fingerprint density at radius 1 is 1.05 bits per heavy atom. The lowest BCUT2D eigenvalue weighted by Crippen LogP contribution is -2.34. The average Bonchev–Trinajstić information content (AvgIpc) is 3.30. The molecule has 2 aliphatic carbocycles. The molecule has 3 aliphatic rings. The normalized spacial score (nSPS) is 23.9. The fraction of sp³-hybridized carbons (Fsp3) is 0.536. The highest BCUT2D eigenvalue weighted by Crippen LogP contribution is 2.44.